The molecule has 2 aromatic rings. The summed E-state index contributed by atoms with van der Waals surface area (Å²) >= 11 is 6.23. The lowest BCUT2D eigenvalue weighted by molar-refractivity contribution is 0.0992. The standard InChI is InChI=1S/C19H19ClFNO4/c1-19(2)9-26-16-8-12(11-6-10(25-3)4-5-14(11)20)15(21)7-13(16)17(19)22-18(23)24/h4-8,17,22H,9H2,1-3H3,(H,23,24). The Labute approximate surface area is 155 Å². The molecule has 0 saturated heterocycles. The summed E-state index contributed by atoms with van der Waals surface area (Å²) in [5.41, 5.74) is 0.681. The second-order valence-electron chi connectivity index (χ2n) is 6.88. The van der Waals surface area contributed by atoms with E-state index in [4.69, 9.17) is 26.2 Å². The van der Waals surface area contributed by atoms with Crippen LogP contribution < -0.4 is 14.8 Å². The first-order valence-corrected chi connectivity index (χ1v) is 8.40. The van der Waals surface area contributed by atoms with Gasteiger partial charge in [-0.15, -0.1) is 0 Å². The maximum atomic E-state index is 14.9. The molecule has 1 aliphatic rings. The average molecular weight is 380 g/mol. The Kier molecular flexibility index (Phi) is 4.71. The van der Waals surface area contributed by atoms with Crippen LogP contribution in [-0.4, -0.2) is 24.9 Å². The van der Waals surface area contributed by atoms with Gasteiger partial charge in [0.2, 0.25) is 0 Å². The minimum absolute atomic E-state index is 0.265. The smallest absolute Gasteiger partial charge is 0.405 e. The normalized spacial score (nSPS) is 17.8. The third-order valence-corrected chi connectivity index (χ3v) is 4.85. The molecular weight excluding hydrogens is 361 g/mol. The highest BCUT2D eigenvalue weighted by atomic mass is 35.5. The topological polar surface area (TPSA) is 67.8 Å². The highest BCUT2D eigenvalue weighted by Gasteiger charge is 2.39. The zero-order valence-electron chi connectivity index (χ0n) is 14.6. The summed E-state index contributed by atoms with van der Waals surface area (Å²) in [5.74, 6) is 0.463. The van der Waals surface area contributed by atoms with E-state index in [2.05, 4.69) is 5.32 Å². The number of amides is 1. The average Bonchev–Trinajstić information content (AvgIpc) is 2.58. The quantitative estimate of drug-likeness (QED) is 0.797. The van der Waals surface area contributed by atoms with Crippen LogP contribution in [0.2, 0.25) is 5.02 Å². The number of hydrogen-bond donors (Lipinski definition) is 2. The molecule has 0 radical (unpaired) electrons. The Bertz CT molecular complexity index is 869. The van der Waals surface area contributed by atoms with Crippen molar-refractivity contribution < 1.29 is 23.8 Å². The molecule has 1 atom stereocenters. The van der Waals surface area contributed by atoms with E-state index in [1.807, 2.05) is 13.8 Å². The van der Waals surface area contributed by atoms with Gasteiger partial charge in [0.25, 0.3) is 0 Å². The van der Waals surface area contributed by atoms with Gasteiger partial charge in [0.05, 0.1) is 19.8 Å². The van der Waals surface area contributed by atoms with Gasteiger partial charge in [-0.3, -0.25) is 0 Å². The van der Waals surface area contributed by atoms with E-state index in [1.165, 1.54) is 13.2 Å². The first kappa shape index (κ1) is 18.3. The zero-order valence-corrected chi connectivity index (χ0v) is 15.4. The predicted molar refractivity (Wildman–Crippen MR) is 96.6 cm³/mol. The number of rotatable bonds is 3. The van der Waals surface area contributed by atoms with Gasteiger partial charge in [-0.2, -0.15) is 0 Å². The second-order valence-corrected chi connectivity index (χ2v) is 7.28. The second kappa shape index (κ2) is 6.68. The molecule has 0 bridgehead atoms. The molecule has 0 fully saturated rings. The minimum atomic E-state index is -1.17. The van der Waals surface area contributed by atoms with Crippen molar-refractivity contribution in [1.82, 2.24) is 5.32 Å². The maximum Gasteiger partial charge on any atom is 0.405 e. The van der Waals surface area contributed by atoms with Crippen LogP contribution in [-0.2, 0) is 0 Å². The third-order valence-electron chi connectivity index (χ3n) is 4.52. The number of hydrogen-bond acceptors (Lipinski definition) is 3. The highest BCUT2D eigenvalue weighted by Crippen LogP contribution is 2.45. The van der Waals surface area contributed by atoms with E-state index < -0.39 is 23.4 Å². The van der Waals surface area contributed by atoms with Crippen molar-refractivity contribution in [3.05, 3.63) is 46.7 Å². The monoisotopic (exact) mass is 379 g/mol. The molecule has 1 heterocycles. The Hall–Kier alpha value is -2.47. The third kappa shape index (κ3) is 3.29. The molecule has 5 nitrogen and oxygen atoms in total. The molecule has 3 rings (SSSR count). The van der Waals surface area contributed by atoms with Crippen molar-refractivity contribution in [2.75, 3.05) is 13.7 Å². The SMILES string of the molecule is COc1ccc(Cl)c(-c2cc3c(cc2F)C(NC(=O)O)C(C)(C)CO3)c1. The van der Waals surface area contributed by atoms with E-state index in [-0.39, 0.29) is 5.56 Å². The lowest BCUT2D eigenvalue weighted by Gasteiger charge is -2.39. The molecule has 7 heteroatoms. The maximum absolute atomic E-state index is 14.9. The van der Waals surface area contributed by atoms with Gasteiger partial charge in [0.15, 0.2) is 0 Å². The molecule has 138 valence electrons. The van der Waals surface area contributed by atoms with Crippen LogP contribution in [0, 0.1) is 11.2 Å². The molecule has 1 amide bonds. The highest BCUT2D eigenvalue weighted by molar-refractivity contribution is 6.33. The molecule has 1 unspecified atom stereocenters. The molecular formula is C19H19ClFNO4. The largest absolute Gasteiger partial charge is 0.497 e. The van der Waals surface area contributed by atoms with E-state index in [9.17, 15) is 9.18 Å². The van der Waals surface area contributed by atoms with Gasteiger partial charge in [-0.05, 0) is 30.3 Å². The number of methoxy groups -OCH3 is 1. The number of fused-ring (bicyclic) bond motifs is 1. The molecule has 0 aliphatic carbocycles. The summed E-state index contributed by atoms with van der Waals surface area (Å²) in [6.07, 6.45) is -1.17. The summed E-state index contributed by atoms with van der Waals surface area (Å²) in [5, 5.41) is 12.0. The van der Waals surface area contributed by atoms with Crippen LogP contribution in [0.1, 0.15) is 25.5 Å². The van der Waals surface area contributed by atoms with Crippen molar-refractivity contribution in [2.24, 2.45) is 5.41 Å². The van der Waals surface area contributed by atoms with Gasteiger partial charge in [-0.25, -0.2) is 9.18 Å². The molecule has 26 heavy (non-hydrogen) atoms. The Morgan fingerprint density at radius 1 is 1.35 bits per heavy atom. The van der Waals surface area contributed by atoms with Gasteiger partial charge in [0.1, 0.15) is 17.3 Å². The van der Waals surface area contributed by atoms with Crippen molar-refractivity contribution >= 4 is 17.7 Å². The fourth-order valence-corrected chi connectivity index (χ4v) is 3.35. The summed E-state index contributed by atoms with van der Waals surface area (Å²) in [4.78, 5) is 11.2. The number of carboxylic acid groups (broad SMARTS) is 1. The summed E-state index contributed by atoms with van der Waals surface area (Å²) in [6, 6.07) is 7.24. The summed E-state index contributed by atoms with van der Waals surface area (Å²) in [7, 11) is 1.52. The fourth-order valence-electron chi connectivity index (χ4n) is 3.13. The zero-order chi connectivity index (χ0) is 19.1. The summed E-state index contributed by atoms with van der Waals surface area (Å²) in [6.45, 7) is 4.02. The van der Waals surface area contributed by atoms with Gasteiger partial charge < -0.3 is 19.9 Å². The van der Waals surface area contributed by atoms with Gasteiger partial charge in [0, 0.05) is 27.1 Å². The number of ether oxygens (including phenoxy) is 2. The van der Waals surface area contributed by atoms with Crippen molar-refractivity contribution in [2.45, 2.75) is 19.9 Å². The lowest BCUT2D eigenvalue weighted by Crippen LogP contribution is -2.43. The lowest BCUT2D eigenvalue weighted by atomic mass is 9.78. The molecule has 0 saturated carbocycles. The predicted octanol–water partition coefficient (Wildman–Crippen LogP) is 4.88. The Morgan fingerprint density at radius 2 is 2.08 bits per heavy atom. The number of carbonyl (C=O) groups is 1. The molecule has 0 aromatic heterocycles. The van der Waals surface area contributed by atoms with Crippen LogP contribution >= 0.6 is 11.6 Å². The van der Waals surface area contributed by atoms with E-state index in [0.717, 1.165) is 0 Å². The van der Waals surface area contributed by atoms with Crippen molar-refractivity contribution in [3.8, 4) is 22.6 Å². The molecule has 0 spiro atoms. The Morgan fingerprint density at radius 3 is 2.73 bits per heavy atom. The fraction of sp³-hybridized carbons (Fsp3) is 0.316. The molecule has 2 N–H and O–H groups in total. The van der Waals surface area contributed by atoms with Crippen LogP contribution in [0.4, 0.5) is 9.18 Å². The number of benzene rings is 2. The van der Waals surface area contributed by atoms with Gasteiger partial charge >= 0.3 is 6.09 Å². The van der Waals surface area contributed by atoms with E-state index in [1.54, 1.807) is 24.3 Å². The molecule has 1 aliphatic heterocycles. The van der Waals surface area contributed by atoms with E-state index in [0.29, 0.717) is 34.3 Å². The van der Waals surface area contributed by atoms with Gasteiger partial charge in [-0.1, -0.05) is 25.4 Å². The number of halogens is 2. The van der Waals surface area contributed by atoms with Crippen LogP contribution in [0.15, 0.2) is 30.3 Å². The number of nitrogens with one attached hydrogen (secondary N) is 1. The van der Waals surface area contributed by atoms with Crippen molar-refractivity contribution in [3.63, 3.8) is 0 Å². The van der Waals surface area contributed by atoms with Crippen LogP contribution in [0.3, 0.4) is 0 Å². The first-order valence-electron chi connectivity index (χ1n) is 8.02. The van der Waals surface area contributed by atoms with E-state index >= 15 is 0 Å². The van der Waals surface area contributed by atoms with Crippen molar-refractivity contribution in [1.29, 1.82) is 0 Å². The van der Waals surface area contributed by atoms with Crippen LogP contribution in [0.25, 0.3) is 11.1 Å². The summed E-state index contributed by atoms with van der Waals surface area (Å²) < 4.78 is 25.9. The minimum Gasteiger partial charge on any atom is -0.497 e. The first-order chi connectivity index (χ1) is 12.2. The van der Waals surface area contributed by atoms with Crippen LogP contribution in [0.5, 0.6) is 11.5 Å². The molecule has 2 aromatic carbocycles. The Balaban J connectivity index is 2.13.